The number of allylic oxidation sites excluding steroid dienone is 2. The summed E-state index contributed by atoms with van der Waals surface area (Å²) in [6, 6.07) is 0. The van der Waals surface area contributed by atoms with Gasteiger partial charge in [0.25, 0.3) is 0 Å². The van der Waals surface area contributed by atoms with Crippen LogP contribution in [0.3, 0.4) is 0 Å². The lowest BCUT2D eigenvalue weighted by molar-refractivity contribution is 0.637. The molecule has 0 nitrogen and oxygen atoms in total. The van der Waals surface area contributed by atoms with E-state index in [1.165, 1.54) is 44.9 Å². The molecule has 0 amide bonds. The Morgan fingerprint density at radius 2 is 1.60 bits per heavy atom. The Labute approximate surface area is 96.2 Å². The molecule has 0 atom stereocenters. The lowest BCUT2D eigenvalue weighted by atomic mass is 10.1. The molecule has 0 unspecified atom stereocenters. The molecule has 0 aliphatic heterocycles. The lowest BCUT2D eigenvalue weighted by Gasteiger charge is -1.95. The molecule has 0 heteroatoms. The Morgan fingerprint density at radius 1 is 0.800 bits per heavy atom. The predicted molar refractivity (Wildman–Crippen MR) is 69.8 cm³/mol. The van der Waals surface area contributed by atoms with Gasteiger partial charge in [0.05, 0.1) is 0 Å². The molecule has 0 rings (SSSR count). The Bertz CT molecular complexity index is 190. The maximum absolute atomic E-state index is 3.16. The fraction of sp³-hybridized carbons (Fsp3) is 0.733. The highest BCUT2D eigenvalue weighted by Gasteiger charge is 1.85. The van der Waals surface area contributed by atoms with Gasteiger partial charge in [0, 0.05) is 12.8 Å². The van der Waals surface area contributed by atoms with Crippen LogP contribution in [0.5, 0.6) is 0 Å². The monoisotopic (exact) mass is 206 g/mol. The minimum absolute atomic E-state index is 0.939. The standard InChI is InChI=1S/C15H26/c1-3-5-7-9-11-13-15-14-12-10-8-6-4-2/h14-15H,3-7,9,11-13H2,1-2H3/b15-14-. The molecule has 0 spiro atoms. The van der Waals surface area contributed by atoms with Gasteiger partial charge < -0.3 is 0 Å². The van der Waals surface area contributed by atoms with Crippen molar-refractivity contribution < 1.29 is 0 Å². The Kier molecular flexibility index (Phi) is 12.7. The van der Waals surface area contributed by atoms with Crippen molar-refractivity contribution in [3.05, 3.63) is 12.2 Å². The van der Waals surface area contributed by atoms with E-state index in [1.807, 2.05) is 0 Å². The minimum Gasteiger partial charge on any atom is -0.103 e. The summed E-state index contributed by atoms with van der Waals surface area (Å²) in [5.41, 5.74) is 0. The average Bonchev–Trinajstić information content (AvgIpc) is 2.26. The van der Waals surface area contributed by atoms with Gasteiger partial charge in [-0.2, -0.15) is 0 Å². The largest absolute Gasteiger partial charge is 0.103 e. The first-order valence-corrected chi connectivity index (χ1v) is 6.52. The maximum Gasteiger partial charge on any atom is 0.0269 e. The molecule has 0 saturated heterocycles. The zero-order valence-corrected chi connectivity index (χ0v) is 10.5. The topological polar surface area (TPSA) is 0 Å². The molecule has 0 aromatic carbocycles. The molecular formula is C15H26. The third-order valence-corrected chi connectivity index (χ3v) is 2.36. The molecule has 15 heavy (non-hydrogen) atoms. The van der Waals surface area contributed by atoms with E-state index in [4.69, 9.17) is 0 Å². The smallest absolute Gasteiger partial charge is 0.0269 e. The van der Waals surface area contributed by atoms with Gasteiger partial charge in [0.15, 0.2) is 0 Å². The van der Waals surface area contributed by atoms with Crippen molar-refractivity contribution in [2.75, 3.05) is 0 Å². The van der Waals surface area contributed by atoms with E-state index < -0.39 is 0 Å². The summed E-state index contributed by atoms with van der Waals surface area (Å²) >= 11 is 0. The molecule has 0 heterocycles. The average molecular weight is 206 g/mol. The normalized spacial score (nSPS) is 10.3. The molecule has 86 valence electrons. The molecule has 0 fully saturated rings. The van der Waals surface area contributed by atoms with Gasteiger partial charge >= 0.3 is 0 Å². The first kappa shape index (κ1) is 14.3. The summed E-state index contributed by atoms with van der Waals surface area (Å²) in [7, 11) is 0. The SMILES string of the molecule is CCCC#CC/C=C\CCCCCCC. The molecule has 0 bridgehead atoms. The molecule has 0 aromatic rings. The van der Waals surface area contributed by atoms with Gasteiger partial charge in [-0.15, -0.1) is 5.92 Å². The van der Waals surface area contributed by atoms with Crippen LogP contribution in [0.25, 0.3) is 0 Å². The summed E-state index contributed by atoms with van der Waals surface area (Å²) in [6.45, 7) is 4.43. The van der Waals surface area contributed by atoms with E-state index in [-0.39, 0.29) is 0 Å². The third kappa shape index (κ3) is 13.3. The second-order valence-electron chi connectivity index (χ2n) is 3.98. The van der Waals surface area contributed by atoms with Crippen LogP contribution in [-0.4, -0.2) is 0 Å². The highest BCUT2D eigenvalue weighted by Crippen LogP contribution is 2.05. The fourth-order valence-corrected chi connectivity index (χ4v) is 1.41. The second-order valence-corrected chi connectivity index (χ2v) is 3.98. The van der Waals surface area contributed by atoms with Crippen molar-refractivity contribution in [2.45, 2.75) is 71.6 Å². The van der Waals surface area contributed by atoms with Crippen LogP contribution in [0.4, 0.5) is 0 Å². The number of unbranched alkanes of at least 4 members (excludes halogenated alkanes) is 6. The van der Waals surface area contributed by atoms with Gasteiger partial charge in [-0.05, 0) is 19.3 Å². The molecule has 0 saturated carbocycles. The fourth-order valence-electron chi connectivity index (χ4n) is 1.41. The van der Waals surface area contributed by atoms with E-state index in [9.17, 15) is 0 Å². The van der Waals surface area contributed by atoms with Crippen molar-refractivity contribution in [3.8, 4) is 11.8 Å². The van der Waals surface area contributed by atoms with Crippen LogP contribution >= 0.6 is 0 Å². The highest BCUT2D eigenvalue weighted by atomic mass is 13.9. The van der Waals surface area contributed by atoms with E-state index in [1.54, 1.807) is 0 Å². The van der Waals surface area contributed by atoms with Crippen molar-refractivity contribution in [2.24, 2.45) is 0 Å². The predicted octanol–water partition coefficient (Wildman–Crippen LogP) is 5.10. The van der Waals surface area contributed by atoms with Crippen molar-refractivity contribution in [3.63, 3.8) is 0 Å². The molecule has 0 aliphatic carbocycles. The molecule has 0 aliphatic rings. The van der Waals surface area contributed by atoms with E-state index in [0.717, 1.165) is 12.8 Å². The summed E-state index contributed by atoms with van der Waals surface area (Å²) in [5, 5.41) is 0. The third-order valence-electron chi connectivity index (χ3n) is 2.36. The van der Waals surface area contributed by atoms with Gasteiger partial charge in [0.2, 0.25) is 0 Å². The first-order valence-electron chi connectivity index (χ1n) is 6.52. The van der Waals surface area contributed by atoms with Crippen molar-refractivity contribution >= 4 is 0 Å². The van der Waals surface area contributed by atoms with E-state index in [2.05, 4.69) is 37.8 Å². The maximum atomic E-state index is 3.16. The number of hydrogen-bond donors (Lipinski definition) is 0. The van der Waals surface area contributed by atoms with E-state index in [0.29, 0.717) is 0 Å². The van der Waals surface area contributed by atoms with Crippen LogP contribution in [0.1, 0.15) is 71.6 Å². The van der Waals surface area contributed by atoms with Crippen LogP contribution < -0.4 is 0 Å². The Balaban J connectivity index is 3.14. The van der Waals surface area contributed by atoms with Gasteiger partial charge in [-0.25, -0.2) is 0 Å². The summed E-state index contributed by atoms with van der Waals surface area (Å²) in [6.07, 6.45) is 15.8. The van der Waals surface area contributed by atoms with Gasteiger partial charge in [-0.3, -0.25) is 0 Å². The van der Waals surface area contributed by atoms with E-state index >= 15 is 0 Å². The van der Waals surface area contributed by atoms with Crippen molar-refractivity contribution in [1.82, 2.24) is 0 Å². The summed E-state index contributed by atoms with van der Waals surface area (Å²) in [5.74, 6) is 6.31. The number of rotatable bonds is 8. The Hall–Kier alpha value is -0.700. The second kappa shape index (κ2) is 13.3. The first-order chi connectivity index (χ1) is 7.41. The minimum atomic E-state index is 0.939. The molecule has 0 N–H and O–H groups in total. The summed E-state index contributed by atoms with van der Waals surface area (Å²) in [4.78, 5) is 0. The Morgan fingerprint density at radius 3 is 2.33 bits per heavy atom. The molecular weight excluding hydrogens is 180 g/mol. The molecule has 0 aromatic heterocycles. The van der Waals surface area contributed by atoms with Gasteiger partial charge in [0.1, 0.15) is 0 Å². The van der Waals surface area contributed by atoms with Gasteiger partial charge in [-0.1, -0.05) is 57.6 Å². The van der Waals surface area contributed by atoms with Crippen LogP contribution in [-0.2, 0) is 0 Å². The number of hydrogen-bond acceptors (Lipinski definition) is 0. The molecule has 0 radical (unpaired) electrons. The highest BCUT2D eigenvalue weighted by molar-refractivity contribution is 5.04. The van der Waals surface area contributed by atoms with Crippen LogP contribution in [0, 0.1) is 11.8 Å². The lowest BCUT2D eigenvalue weighted by Crippen LogP contribution is -1.75. The zero-order valence-electron chi connectivity index (χ0n) is 10.5. The summed E-state index contributed by atoms with van der Waals surface area (Å²) < 4.78 is 0. The van der Waals surface area contributed by atoms with Crippen LogP contribution in [0.2, 0.25) is 0 Å². The zero-order chi connectivity index (χ0) is 11.2. The van der Waals surface area contributed by atoms with Crippen LogP contribution in [0.15, 0.2) is 12.2 Å². The van der Waals surface area contributed by atoms with Crippen molar-refractivity contribution in [1.29, 1.82) is 0 Å². The quantitative estimate of drug-likeness (QED) is 0.294.